The summed E-state index contributed by atoms with van der Waals surface area (Å²) in [7, 11) is 0. The molecule has 1 rings (SSSR count). The van der Waals surface area contributed by atoms with Gasteiger partial charge in [-0.05, 0) is 18.2 Å². The standard InChI is InChI=1S/C10H9F4N/c11-6-3-7-15-9-5-2-1-4-8(9)10(12,13)14/h1-6,15H,7H2/b6-3+. The second-order valence-electron chi connectivity index (χ2n) is 2.79. The van der Waals surface area contributed by atoms with Crippen molar-refractivity contribution in [2.75, 3.05) is 11.9 Å². The molecule has 0 saturated heterocycles. The first-order valence-electron chi connectivity index (χ1n) is 4.21. The van der Waals surface area contributed by atoms with Gasteiger partial charge in [-0.2, -0.15) is 13.2 Å². The van der Waals surface area contributed by atoms with Gasteiger partial charge >= 0.3 is 6.18 Å². The molecule has 1 aromatic rings. The number of hydrogen-bond acceptors (Lipinski definition) is 1. The molecule has 0 fully saturated rings. The van der Waals surface area contributed by atoms with Gasteiger partial charge in [0.15, 0.2) is 0 Å². The van der Waals surface area contributed by atoms with Gasteiger partial charge in [-0.15, -0.1) is 0 Å². The highest BCUT2D eigenvalue weighted by Crippen LogP contribution is 2.34. The van der Waals surface area contributed by atoms with Crippen molar-refractivity contribution in [1.82, 2.24) is 0 Å². The van der Waals surface area contributed by atoms with Crippen LogP contribution in [0.15, 0.2) is 36.7 Å². The first kappa shape index (κ1) is 11.6. The third kappa shape index (κ3) is 3.27. The Kier molecular flexibility index (Phi) is 3.71. The fourth-order valence-electron chi connectivity index (χ4n) is 1.10. The minimum absolute atomic E-state index is 0.0175. The summed E-state index contributed by atoms with van der Waals surface area (Å²) >= 11 is 0. The molecule has 0 spiro atoms. The van der Waals surface area contributed by atoms with E-state index in [1.54, 1.807) is 0 Å². The summed E-state index contributed by atoms with van der Waals surface area (Å²) in [6, 6.07) is 5.06. The molecule has 0 saturated carbocycles. The number of rotatable bonds is 3. The van der Waals surface area contributed by atoms with Crippen LogP contribution in [-0.2, 0) is 6.18 Å². The highest BCUT2D eigenvalue weighted by atomic mass is 19.4. The van der Waals surface area contributed by atoms with Gasteiger partial charge < -0.3 is 5.32 Å². The summed E-state index contributed by atoms with van der Waals surface area (Å²) in [6.45, 7) is 0.0175. The largest absolute Gasteiger partial charge is 0.418 e. The van der Waals surface area contributed by atoms with Crippen LogP contribution < -0.4 is 5.32 Å². The molecular formula is C10H9F4N. The van der Waals surface area contributed by atoms with E-state index in [4.69, 9.17) is 0 Å². The van der Waals surface area contributed by atoms with Crippen LogP contribution in [0.25, 0.3) is 0 Å². The molecule has 0 atom stereocenters. The van der Waals surface area contributed by atoms with E-state index in [0.717, 1.165) is 12.1 Å². The molecule has 1 nitrogen and oxygen atoms in total. The highest BCUT2D eigenvalue weighted by Gasteiger charge is 2.32. The maximum absolute atomic E-state index is 12.4. The van der Waals surface area contributed by atoms with Gasteiger partial charge in [-0.1, -0.05) is 12.1 Å². The summed E-state index contributed by atoms with van der Waals surface area (Å²) in [5.41, 5.74) is -0.805. The second kappa shape index (κ2) is 4.82. The van der Waals surface area contributed by atoms with E-state index < -0.39 is 11.7 Å². The number of nitrogens with one attached hydrogen (secondary N) is 1. The Morgan fingerprint density at radius 3 is 2.47 bits per heavy atom. The van der Waals surface area contributed by atoms with Gasteiger partial charge in [0.2, 0.25) is 0 Å². The van der Waals surface area contributed by atoms with Crippen molar-refractivity contribution in [3.05, 3.63) is 42.2 Å². The van der Waals surface area contributed by atoms with Gasteiger partial charge in [0.25, 0.3) is 0 Å². The lowest BCUT2D eigenvalue weighted by atomic mass is 10.1. The fraction of sp³-hybridized carbons (Fsp3) is 0.200. The Morgan fingerprint density at radius 2 is 1.87 bits per heavy atom. The minimum atomic E-state index is -4.40. The maximum atomic E-state index is 12.4. The Hall–Kier alpha value is -1.52. The molecule has 0 bridgehead atoms. The molecule has 5 heteroatoms. The quantitative estimate of drug-likeness (QED) is 0.766. The molecule has 0 aliphatic heterocycles. The van der Waals surface area contributed by atoms with Crippen LogP contribution in [0.5, 0.6) is 0 Å². The van der Waals surface area contributed by atoms with E-state index in [-0.39, 0.29) is 18.6 Å². The van der Waals surface area contributed by atoms with Gasteiger partial charge in [0.1, 0.15) is 0 Å². The van der Waals surface area contributed by atoms with Gasteiger partial charge in [-0.3, -0.25) is 0 Å². The Labute approximate surface area is 84.4 Å². The molecular weight excluding hydrogens is 210 g/mol. The summed E-state index contributed by atoms with van der Waals surface area (Å²) in [5.74, 6) is 0. The van der Waals surface area contributed by atoms with Crippen LogP contribution in [0.1, 0.15) is 5.56 Å². The topological polar surface area (TPSA) is 12.0 Å². The molecule has 0 aliphatic rings. The molecule has 1 N–H and O–H groups in total. The molecule has 0 unspecified atom stereocenters. The number of hydrogen-bond donors (Lipinski definition) is 1. The average molecular weight is 219 g/mol. The predicted octanol–water partition coefficient (Wildman–Crippen LogP) is 3.60. The molecule has 0 heterocycles. The Morgan fingerprint density at radius 1 is 1.20 bits per heavy atom. The van der Waals surface area contributed by atoms with Crippen molar-refractivity contribution in [3.63, 3.8) is 0 Å². The maximum Gasteiger partial charge on any atom is 0.418 e. The van der Waals surface area contributed by atoms with E-state index >= 15 is 0 Å². The van der Waals surface area contributed by atoms with Crippen molar-refractivity contribution >= 4 is 5.69 Å². The van der Waals surface area contributed by atoms with Crippen LogP contribution >= 0.6 is 0 Å². The molecule has 0 amide bonds. The van der Waals surface area contributed by atoms with Gasteiger partial charge in [-0.25, -0.2) is 4.39 Å². The number of para-hydroxylation sites is 1. The van der Waals surface area contributed by atoms with Crippen LogP contribution in [-0.4, -0.2) is 6.54 Å². The molecule has 15 heavy (non-hydrogen) atoms. The third-order valence-corrected chi connectivity index (χ3v) is 1.73. The van der Waals surface area contributed by atoms with E-state index in [9.17, 15) is 17.6 Å². The first-order valence-corrected chi connectivity index (χ1v) is 4.21. The SMILES string of the molecule is F/C=C/CNc1ccccc1C(F)(F)F. The summed E-state index contributed by atoms with van der Waals surface area (Å²) in [6.07, 6.45) is -3.03. The van der Waals surface area contributed by atoms with Crippen molar-refractivity contribution in [3.8, 4) is 0 Å². The smallest absolute Gasteiger partial charge is 0.381 e. The first-order chi connectivity index (χ1) is 7.05. The van der Waals surface area contributed by atoms with Crippen LogP contribution in [0.2, 0.25) is 0 Å². The predicted molar refractivity (Wildman–Crippen MR) is 50.2 cm³/mol. The van der Waals surface area contributed by atoms with Crippen LogP contribution in [0, 0.1) is 0 Å². The average Bonchev–Trinajstić information content (AvgIpc) is 2.17. The van der Waals surface area contributed by atoms with Gasteiger partial charge in [0.05, 0.1) is 11.9 Å². The number of anilines is 1. The molecule has 0 radical (unpaired) electrons. The fourth-order valence-corrected chi connectivity index (χ4v) is 1.10. The zero-order chi connectivity index (χ0) is 11.3. The highest BCUT2D eigenvalue weighted by molar-refractivity contribution is 5.52. The van der Waals surface area contributed by atoms with Crippen LogP contribution in [0.3, 0.4) is 0 Å². The molecule has 1 aromatic carbocycles. The van der Waals surface area contributed by atoms with Crippen molar-refractivity contribution in [1.29, 1.82) is 0 Å². The Balaban J connectivity index is 2.87. The molecule has 0 aliphatic carbocycles. The second-order valence-corrected chi connectivity index (χ2v) is 2.79. The number of halogens is 4. The summed E-state index contributed by atoms with van der Waals surface area (Å²) < 4.78 is 48.9. The van der Waals surface area contributed by atoms with E-state index in [0.29, 0.717) is 0 Å². The van der Waals surface area contributed by atoms with Crippen molar-refractivity contribution < 1.29 is 17.6 Å². The van der Waals surface area contributed by atoms with Crippen molar-refractivity contribution in [2.24, 2.45) is 0 Å². The lowest BCUT2D eigenvalue weighted by Gasteiger charge is -2.12. The zero-order valence-electron chi connectivity index (χ0n) is 7.68. The molecule has 0 aromatic heterocycles. The van der Waals surface area contributed by atoms with Crippen LogP contribution in [0.4, 0.5) is 23.2 Å². The van der Waals surface area contributed by atoms with Gasteiger partial charge in [0, 0.05) is 12.2 Å². The van der Waals surface area contributed by atoms with E-state index in [1.807, 2.05) is 0 Å². The minimum Gasteiger partial charge on any atom is -0.381 e. The number of benzene rings is 1. The normalized spacial score (nSPS) is 12.0. The summed E-state index contributed by atoms with van der Waals surface area (Å²) in [4.78, 5) is 0. The van der Waals surface area contributed by atoms with Crippen molar-refractivity contribution in [2.45, 2.75) is 6.18 Å². The molecule has 82 valence electrons. The Bertz CT molecular complexity index is 344. The third-order valence-electron chi connectivity index (χ3n) is 1.73. The van der Waals surface area contributed by atoms with E-state index in [2.05, 4.69) is 5.32 Å². The zero-order valence-corrected chi connectivity index (χ0v) is 7.68. The lowest BCUT2D eigenvalue weighted by Crippen LogP contribution is -2.10. The lowest BCUT2D eigenvalue weighted by molar-refractivity contribution is -0.136. The monoisotopic (exact) mass is 219 g/mol. The summed E-state index contributed by atoms with van der Waals surface area (Å²) in [5, 5.41) is 2.47. The number of alkyl halides is 3. The van der Waals surface area contributed by atoms with E-state index in [1.165, 1.54) is 18.2 Å².